The Morgan fingerprint density at radius 1 is 1.12 bits per heavy atom. The van der Waals surface area contributed by atoms with Crippen LogP contribution in [0.2, 0.25) is 0 Å². The van der Waals surface area contributed by atoms with E-state index < -0.39 is 6.09 Å². The van der Waals surface area contributed by atoms with Gasteiger partial charge in [0.25, 0.3) is 5.91 Å². The number of carbonyl (C=O) groups is 2. The number of aryl methyl sites for hydroxylation is 1. The fraction of sp³-hybridized carbons (Fsp3) is 0.333. The number of nitrogens with zero attached hydrogens (tertiary/aromatic N) is 2. The SMILES string of the molecule is C=C(NC=CC1CN(c2ccc(N3CCOCC3=O)cc2)C(=O)O1)c1ccc(C)s1.CC. The normalized spacial score (nSPS) is 18.4. The van der Waals surface area contributed by atoms with Gasteiger partial charge in [0, 0.05) is 34.7 Å². The van der Waals surface area contributed by atoms with Gasteiger partial charge in [-0.3, -0.25) is 9.69 Å². The lowest BCUT2D eigenvalue weighted by atomic mass is 10.2. The number of benzene rings is 1. The quantitative estimate of drug-likeness (QED) is 0.692. The van der Waals surface area contributed by atoms with Gasteiger partial charge in [-0.05, 0) is 49.4 Å². The molecule has 2 aliphatic heterocycles. The lowest BCUT2D eigenvalue weighted by Gasteiger charge is -2.27. The van der Waals surface area contributed by atoms with Gasteiger partial charge >= 0.3 is 6.09 Å². The molecule has 0 saturated carbocycles. The predicted molar refractivity (Wildman–Crippen MR) is 129 cm³/mol. The average molecular weight is 456 g/mol. The first-order chi connectivity index (χ1) is 15.5. The van der Waals surface area contributed by atoms with Crippen molar-refractivity contribution in [2.45, 2.75) is 26.9 Å². The molecule has 3 heterocycles. The fourth-order valence-corrected chi connectivity index (χ4v) is 4.12. The summed E-state index contributed by atoms with van der Waals surface area (Å²) in [4.78, 5) is 29.8. The summed E-state index contributed by atoms with van der Waals surface area (Å²) in [5.74, 6) is -0.0634. The summed E-state index contributed by atoms with van der Waals surface area (Å²) in [5, 5.41) is 3.13. The first-order valence-electron chi connectivity index (χ1n) is 10.7. The Kier molecular flexibility index (Phi) is 8.08. The molecule has 1 aromatic heterocycles. The van der Waals surface area contributed by atoms with Gasteiger partial charge in [0.15, 0.2) is 0 Å². The minimum absolute atomic E-state index is 0.0634. The molecule has 2 amide bonds. The maximum Gasteiger partial charge on any atom is 0.415 e. The maximum atomic E-state index is 12.3. The number of anilines is 2. The van der Waals surface area contributed by atoms with Gasteiger partial charge in [-0.25, -0.2) is 4.79 Å². The minimum atomic E-state index is -0.396. The second-order valence-corrected chi connectivity index (χ2v) is 8.33. The number of thiophene rings is 1. The molecule has 0 aliphatic carbocycles. The number of carbonyl (C=O) groups excluding carboxylic acids is 2. The van der Waals surface area contributed by atoms with Crippen molar-refractivity contribution in [3.05, 3.63) is 65.0 Å². The number of cyclic esters (lactones) is 1. The minimum Gasteiger partial charge on any atom is -0.440 e. The smallest absolute Gasteiger partial charge is 0.415 e. The zero-order valence-electron chi connectivity index (χ0n) is 18.7. The van der Waals surface area contributed by atoms with E-state index in [-0.39, 0.29) is 18.6 Å². The van der Waals surface area contributed by atoms with E-state index in [2.05, 4.69) is 18.8 Å². The van der Waals surface area contributed by atoms with Crippen LogP contribution in [-0.4, -0.2) is 44.4 Å². The summed E-state index contributed by atoms with van der Waals surface area (Å²) >= 11 is 1.67. The zero-order valence-corrected chi connectivity index (χ0v) is 19.5. The zero-order chi connectivity index (χ0) is 23.1. The van der Waals surface area contributed by atoms with E-state index >= 15 is 0 Å². The van der Waals surface area contributed by atoms with Crippen LogP contribution in [0.25, 0.3) is 5.70 Å². The lowest BCUT2D eigenvalue weighted by molar-refractivity contribution is -0.125. The number of nitrogens with one attached hydrogen (secondary N) is 1. The number of hydrogen-bond donors (Lipinski definition) is 1. The first kappa shape index (κ1) is 23.6. The van der Waals surface area contributed by atoms with Crippen LogP contribution in [0, 0.1) is 6.92 Å². The van der Waals surface area contributed by atoms with Gasteiger partial charge in [-0.2, -0.15) is 0 Å². The van der Waals surface area contributed by atoms with Crippen LogP contribution in [0.15, 0.2) is 55.3 Å². The van der Waals surface area contributed by atoms with Crippen molar-refractivity contribution in [1.82, 2.24) is 5.32 Å². The molecule has 1 atom stereocenters. The third-order valence-corrected chi connectivity index (χ3v) is 5.96. The second kappa shape index (κ2) is 11.0. The van der Waals surface area contributed by atoms with Gasteiger partial charge in [0.05, 0.1) is 18.0 Å². The number of hydrogen-bond acceptors (Lipinski definition) is 6. The highest BCUT2D eigenvalue weighted by atomic mass is 32.1. The van der Waals surface area contributed by atoms with Crippen LogP contribution < -0.4 is 15.1 Å². The number of rotatable bonds is 6. The van der Waals surface area contributed by atoms with Crippen molar-refractivity contribution in [3.63, 3.8) is 0 Å². The van der Waals surface area contributed by atoms with E-state index in [1.165, 1.54) is 4.88 Å². The van der Waals surface area contributed by atoms with E-state index in [1.807, 2.05) is 56.3 Å². The van der Waals surface area contributed by atoms with Crippen molar-refractivity contribution in [2.75, 3.05) is 36.1 Å². The fourth-order valence-electron chi connectivity index (χ4n) is 3.32. The molecule has 0 bridgehead atoms. The van der Waals surface area contributed by atoms with E-state index in [1.54, 1.807) is 27.3 Å². The molecule has 4 rings (SSSR count). The van der Waals surface area contributed by atoms with E-state index in [0.29, 0.717) is 19.7 Å². The molecule has 8 heteroatoms. The first-order valence-corrected chi connectivity index (χ1v) is 11.5. The third-order valence-electron chi connectivity index (χ3n) is 4.90. The van der Waals surface area contributed by atoms with Crippen LogP contribution in [0.4, 0.5) is 16.2 Å². The molecule has 2 aromatic rings. The van der Waals surface area contributed by atoms with Gasteiger partial charge in [0.2, 0.25) is 0 Å². The van der Waals surface area contributed by atoms with Gasteiger partial charge in [-0.15, -0.1) is 11.3 Å². The summed E-state index contributed by atoms with van der Waals surface area (Å²) in [6, 6.07) is 11.4. The number of ether oxygens (including phenoxy) is 2. The Bertz CT molecular complexity index is 983. The van der Waals surface area contributed by atoms with Crippen LogP contribution in [0.3, 0.4) is 0 Å². The van der Waals surface area contributed by atoms with E-state index in [9.17, 15) is 9.59 Å². The molecule has 1 aromatic carbocycles. The molecular formula is C24H29N3O4S. The maximum absolute atomic E-state index is 12.3. The van der Waals surface area contributed by atoms with Crippen molar-refractivity contribution < 1.29 is 19.1 Å². The Morgan fingerprint density at radius 2 is 1.81 bits per heavy atom. The number of morpholine rings is 1. The molecule has 7 nitrogen and oxygen atoms in total. The van der Waals surface area contributed by atoms with E-state index in [0.717, 1.165) is 21.9 Å². The third kappa shape index (κ3) is 5.57. The van der Waals surface area contributed by atoms with Crippen molar-refractivity contribution >= 4 is 40.4 Å². The predicted octanol–water partition coefficient (Wildman–Crippen LogP) is 4.55. The van der Waals surface area contributed by atoms with Crippen molar-refractivity contribution in [1.29, 1.82) is 0 Å². The standard InChI is InChI=1S/C22H23N3O4S.C2H6/c1-15-3-8-20(30-15)16(2)23-10-9-19-13-25(22(27)29-19)18-6-4-17(5-7-18)24-11-12-28-14-21(24)26;1-2/h3-10,19,23H,2,11-14H2,1H3;1-2H3. The molecule has 2 aliphatic rings. The summed E-state index contributed by atoms with van der Waals surface area (Å²) in [7, 11) is 0. The highest BCUT2D eigenvalue weighted by Gasteiger charge is 2.31. The Labute approximate surface area is 192 Å². The Balaban J connectivity index is 0.00000141. The van der Waals surface area contributed by atoms with Crippen molar-refractivity contribution in [3.8, 4) is 0 Å². The van der Waals surface area contributed by atoms with Crippen LogP contribution >= 0.6 is 11.3 Å². The molecule has 1 N–H and O–H groups in total. The van der Waals surface area contributed by atoms with Gasteiger partial charge < -0.3 is 19.7 Å². The largest absolute Gasteiger partial charge is 0.440 e. The highest BCUT2D eigenvalue weighted by Crippen LogP contribution is 2.26. The molecule has 2 fully saturated rings. The summed E-state index contributed by atoms with van der Waals surface area (Å²) in [5.41, 5.74) is 2.33. The highest BCUT2D eigenvalue weighted by molar-refractivity contribution is 7.13. The van der Waals surface area contributed by atoms with E-state index in [4.69, 9.17) is 9.47 Å². The molecule has 1 unspecified atom stereocenters. The number of amides is 2. The Morgan fingerprint density at radius 3 is 2.44 bits per heavy atom. The molecule has 2 saturated heterocycles. The van der Waals surface area contributed by atoms with Crippen molar-refractivity contribution in [2.24, 2.45) is 0 Å². The second-order valence-electron chi connectivity index (χ2n) is 7.04. The van der Waals surface area contributed by atoms with Crippen LogP contribution in [0.1, 0.15) is 23.6 Å². The molecular weight excluding hydrogens is 426 g/mol. The average Bonchev–Trinajstić information content (AvgIpc) is 3.41. The van der Waals surface area contributed by atoms with Gasteiger partial charge in [-0.1, -0.05) is 20.4 Å². The monoisotopic (exact) mass is 455 g/mol. The molecule has 0 spiro atoms. The van der Waals surface area contributed by atoms with Crippen LogP contribution in [-0.2, 0) is 14.3 Å². The molecule has 0 radical (unpaired) electrons. The summed E-state index contributed by atoms with van der Waals surface area (Å²) < 4.78 is 10.6. The summed E-state index contributed by atoms with van der Waals surface area (Å²) in [6.07, 6.45) is 2.81. The van der Waals surface area contributed by atoms with Crippen LogP contribution in [0.5, 0.6) is 0 Å². The molecule has 32 heavy (non-hydrogen) atoms. The van der Waals surface area contributed by atoms with Gasteiger partial charge in [0.1, 0.15) is 12.7 Å². The molecule has 170 valence electrons. The topological polar surface area (TPSA) is 71.1 Å². The Hall–Kier alpha value is -3.10. The summed E-state index contributed by atoms with van der Waals surface area (Å²) in [6.45, 7) is 11.6. The lowest BCUT2D eigenvalue weighted by Crippen LogP contribution is -2.41.